The maximum absolute atomic E-state index is 12.4. The molecule has 0 saturated carbocycles. The number of rotatable bonds is 1. The molecule has 0 aliphatic rings. The number of benzene rings is 2. The van der Waals surface area contributed by atoms with Crippen LogP contribution in [0.2, 0.25) is 5.02 Å². The SMILES string of the molecule is Cc1nn(-c2ccc(Cl)cc2)c2nc3c(nc12)c(=O)oc1ccccc13. The third kappa shape index (κ3) is 2.12. The summed E-state index contributed by atoms with van der Waals surface area (Å²) in [6.45, 7) is 1.83. The van der Waals surface area contributed by atoms with Crippen LogP contribution < -0.4 is 5.63 Å². The van der Waals surface area contributed by atoms with E-state index in [9.17, 15) is 4.79 Å². The molecule has 0 aliphatic carbocycles. The maximum atomic E-state index is 12.4. The van der Waals surface area contributed by atoms with Crippen LogP contribution in [0.4, 0.5) is 0 Å². The van der Waals surface area contributed by atoms with Crippen LogP contribution in [0.5, 0.6) is 0 Å². The zero-order valence-corrected chi connectivity index (χ0v) is 14.4. The van der Waals surface area contributed by atoms with Gasteiger partial charge in [-0.1, -0.05) is 23.7 Å². The van der Waals surface area contributed by atoms with E-state index >= 15 is 0 Å². The number of nitrogens with zero attached hydrogens (tertiary/aromatic N) is 4. The van der Waals surface area contributed by atoms with E-state index in [0.29, 0.717) is 33.0 Å². The quantitative estimate of drug-likeness (QED) is 0.332. The van der Waals surface area contributed by atoms with Crippen LogP contribution in [0.3, 0.4) is 0 Å². The zero-order chi connectivity index (χ0) is 17.8. The fourth-order valence-electron chi connectivity index (χ4n) is 3.05. The third-order valence-electron chi connectivity index (χ3n) is 4.28. The number of hydrogen-bond donors (Lipinski definition) is 0. The maximum Gasteiger partial charge on any atom is 0.364 e. The van der Waals surface area contributed by atoms with Crippen LogP contribution in [0.1, 0.15) is 5.69 Å². The van der Waals surface area contributed by atoms with Crippen molar-refractivity contribution in [3.05, 3.63) is 69.7 Å². The molecule has 0 saturated heterocycles. The molecule has 0 bridgehead atoms. The number of para-hydroxylation sites is 1. The Balaban J connectivity index is 1.94. The predicted octanol–water partition coefficient (Wildman–Crippen LogP) is 4.04. The molecule has 26 heavy (non-hydrogen) atoms. The summed E-state index contributed by atoms with van der Waals surface area (Å²) in [5.41, 5.74) is 3.31. The molecular weight excluding hydrogens is 352 g/mol. The second-order valence-electron chi connectivity index (χ2n) is 5.95. The van der Waals surface area contributed by atoms with Crippen molar-refractivity contribution in [2.24, 2.45) is 0 Å². The van der Waals surface area contributed by atoms with Gasteiger partial charge in [-0.25, -0.2) is 19.4 Å². The summed E-state index contributed by atoms with van der Waals surface area (Å²) in [5, 5.41) is 5.91. The summed E-state index contributed by atoms with van der Waals surface area (Å²) in [4.78, 5) is 21.6. The largest absolute Gasteiger partial charge is 0.421 e. The first kappa shape index (κ1) is 15.0. The summed E-state index contributed by atoms with van der Waals surface area (Å²) in [7, 11) is 0. The molecular formula is C19H11ClN4O2. The van der Waals surface area contributed by atoms with Gasteiger partial charge < -0.3 is 4.42 Å². The Hall–Kier alpha value is -3.25. The molecule has 5 aromatic rings. The first-order chi connectivity index (χ1) is 12.6. The third-order valence-corrected chi connectivity index (χ3v) is 4.53. The molecule has 0 amide bonds. The minimum absolute atomic E-state index is 0.204. The summed E-state index contributed by atoms with van der Waals surface area (Å²) in [6, 6.07) is 14.6. The Kier molecular flexibility index (Phi) is 3.11. The van der Waals surface area contributed by atoms with E-state index in [2.05, 4.69) is 10.1 Å². The Labute approximate surface area is 151 Å². The predicted molar refractivity (Wildman–Crippen MR) is 100.0 cm³/mol. The van der Waals surface area contributed by atoms with Gasteiger partial charge in [0.05, 0.1) is 11.4 Å². The molecule has 0 atom stereocenters. The lowest BCUT2D eigenvalue weighted by molar-refractivity contribution is 0.568. The van der Waals surface area contributed by atoms with Gasteiger partial charge in [-0.2, -0.15) is 5.10 Å². The molecule has 2 aromatic carbocycles. The summed E-state index contributed by atoms with van der Waals surface area (Å²) >= 11 is 5.98. The van der Waals surface area contributed by atoms with Crippen molar-refractivity contribution in [3.8, 4) is 5.69 Å². The summed E-state index contributed by atoms with van der Waals surface area (Å²) in [5.74, 6) is 0. The van der Waals surface area contributed by atoms with Crippen LogP contribution in [0, 0.1) is 6.92 Å². The smallest absolute Gasteiger partial charge is 0.364 e. The normalized spacial score (nSPS) is 11.6. The highest BCUT2D eigenvalue weighted by Gasteiger charge is 2.17. The summed E-state index contributed by atoms with van der Waals surface area (Å²) in [6.07, 6.45) is 0. The van der Waals surface area contributed by atoms with E-state index in [1.807, 2.05) is 37.3 Å². The molecule has 0 N–H and O–H groups in total. The van der Waals surface area contributed by atoms with Crippen LogP contribution in [0.25, 0.3) is 38.9 Å². The molecule has 3 aromatic heterocycles. The number of halogens is 1. The second kappa shape index (κ2) is 5.37. The Morgan fingerprint density at radius 2 is 1.73 bits per heavy atom. The molecule has 5 rings (SSSR count). The highest BCUT2D eigenvalue weighted by molar-refractivity contribution is 6.30. The molecule has 126 valence electrons. The van der Waals surface area contributed by atoms with E-state index in [1.165, 1.54) is 0 Å². The van der Waals surface area contributed by atoms with Crippen LogP contribution in [-0.2, 0) is 0 Å². The van der Waals surface area contributed by atoms with Gasteiger partial charge in [-0.3, -0.25) is 0 Å². The topological polar surface area (TPSA) is 73.8 Å². The Bertz CT molecular complexity index is 1370. The van der Waals surface area contributed by atoms with Gasteiger partial charge in [0, 0.05) is 10.4 Å². The van der Waals surface area contributed by atoms with Crippen molar-refractivity contribution >= 4 is 44.8 Å². The fourth-order valence-corrected chi connectivity index (χ4v) is 3.18. The minimum Gasteiger partial charge on any atom is -0.421 e. The fraction of sp³-hybridized carbons (Fsp3) is 0.0526. The number of aromatic nitrogens is 4. The standard InChI is InChI=1S/C19H11ClN4O2/c1-10-15-18(24(23-10)12-8-6-11(20)7-9-12)22-16-13-4-2-3-5-14(13)26-19(25)17(16)21-15/h2-9H,1H3. The highest BCUT2D eigenvalue weighted by Crippen LogP contribution is 2.25. The van der Waals surface area contributed by atoms with E-state index < -0.39 is 5.63 Å². The number of hydrogen-bond acceptors (Lipinski definition) is 5. The Morgan fingerprint density at radius 1 is 0.962 bits per heavy atom. The van der Waals surface area contributed by atoms with Crippen molar-refractivity contribution in [3.63, 3.8) is 0 Å². The number of aryl methyl sites for hydroxylation is 1. The molecule has 7 heteroatoms. The van der Waals surface area contributed by atoms with Gasteiger partial charge >= 0.3 is 5.63 Å². The average Bonchev–Trinajstić information content (AvgIpc) is 2.97. The van der Waals surface area contributed by atoms with Crippen molar-refractivity contribution in [2.75, 3.05) is 0 Å². The summed E-state index contributed by atoms with van der Waals surface area (Å²) < 4.78 is 7.07. The van der Waals surface area contributed by atoms with Crippen molar-refractivity contribution in [1.29, 1.82) is 0 Å². The lowest BCUT2D eigenvalue weighted by Crippen LogP contribution is -2.05. The first-order valence-electron chi connectivity index (χ1n) is 7.97. The minimum atomic E-state index is -0.508. The van der Waals surface area contributed by atoms with Crippen LogP contribution in [-0.4, -0.2) is 19.7 Å². The average molecular weight is 363 g/mol. The highest BCUT2D eigenvalue weighted by atomic mass is 35.5. The molecule has 0 fully saturated rings. The van der Waals surface area contributed by atoms with Crippen molar-refractivity contribution in [2.45, 2.75) is 6.92 Å². The van der Waals surface area contributed by atoms with Crippen molar-refractivity contribution < 1.29 is 4.42 Å². The van der Waals surface area contributed by atoms with E-state index in [4.69, 9.17) is 21.0 Å². The first-order valence-corrected chi connectivity index (χ1v) is 8.34. The van der Waals surface area contributed by atoms with Gasteiger partial charge in [0.2, 0.25) is 0 Å². The lowest BCUT2D eigenvalue weighted by Gasteiger charge is -2.04. The molecule has 0 unspecified atom stereocenters. The second-order valence-corrected chi connectivity index (χ2v) is 6.39. The van der Waals surface area contributed by atoms with Gasteiger partial charge in [-0.05, 0) is 43.3 Å². The number of fused-ring (bicyclic) bond motifs is 4. The van der Waals surface area contributed by atoms with Gasteiger partial charge in [0.15, 0.2) is 11.2 Å². The zero-order valence-electron chi connectivity index (χ0n) is 13.6. The molecule has 0 spiro atoms. The van der Waals surface area contributed by atoms with Gasteiger partial charge in [-0.15, -0.1) is 0 Å². The lowest BCUT2D eigenvalue weighted by atomic mass is 10.2. The van der Waals surface area contributed by atoms with E-state index in [1.54, 1.807) is 22.9 Å². The van der Waals surface area contributed by atoms with Gasteiger partial charge in [0.1, 0.15) is 16.6 Å². The Morgan fingerprint density at radius 3 is 2.54 bits per heavy atom. The van der Waals surface area contributed by atoms with Crippen LogP contribution in [0.15, 0.2) is 57.7 Å². The molecule has 3 heterocycles. The van der Waals surface area contributed by atoms with Gasteiger partial charge in [0.25, 0.3) is 0 Å². The molecule has 0 radical (unpaired) electrons. The van der Waals surface area contributed by atoms with Crippen molar-refractivity contribution in [1.82, 2.24) is 19.7 Å². The molecule has 0 aliphatic heterocycles. The molecule has 6 nitrogen and oxygen atoms in total. The van der Waals surface area contributed by atoms with Crippen LogP contribution >= 0.6 is 11.6 Å². The monoisotopic (exact) mass is 362 g/mol. The van der Waals surface area contributed by atoms with E-state index in [0.717, 1.165) is 11.1 Å². The van der Waals surface area contributed by atoms with E-state index in [-0.39, 0.29) is 5.52 Å².